The summed E-state index contributed by atoms with van der Waals surface area (Å²) >= 11 is 5.27. The molecule has 0 bridgehead atoms. The van der Waals surface area contributed by atoms with Crippen LogP contribution in [0.5, 0.6) is 5.75 Å². The minimum atomic E-state index is -0.0202. The number of nitrogens with zero attached hydrogens (tertiary/aromatic N) is 3. The first kappa shape index (κ1) is 15.1. The molecule has 1 saturated heterocycles. The van der Waals surface area contributed by atoms with E-state index < -0.39 is 0 Å². The van der Waals surface area contributed by atoms with Gasteiger partial charge >= 0.3 is 0 Å². The van der Waals surface area contributed by atoms with Crippen LogP contribution in [0.15, 0.2) is 30.6 Å². The van der Waals surface area contributed by atoms with Gasteiger partial charge in [0.15, 0.2) is 10.4 Å². The Hall–Kier alpha value is -2.45. The van der Waals surface area contributed by atoms with Crippen LogP contribution in [0.1, 0.15) is 19.1 Å². The third-order valence-corrected chi connectivity index (χ3v) is 4.21. The van der Waals surface area contributed by atoms with Crippen molar-refractivity contribution in [3.8, 4) is 5.75 Å². The SMILES string of the molecule is COc1ccc(Nc2[nH]c(=S)nc3c2ncn3C2CCCO2)cc1. The van der Waals surface area contributed by atoms with Gasteiger partial charge < -0.3 is 19.8 Å². The summed E-state index contributed by atoms with van der Waals surface area (Å²) in [7, 11) is 1.64. The Kier molecular flexibility index (Phi) is 3.91. The lowest BCUT2D eigenvalue weighted by atomic mass is 10.3. The van der Waals surface area contributed by atoms with Crippen molar-refractivity contribution in [1.82, 2.24) is 19.5 Å². The lowest BCUT2D eigenvalue weighted by molar-refractivity contribution is 0.0593. The second-order valence-corrected chi connectivity index (χ2v) is 5.95. The van der Waals surface area contributed by atoms with Crippen LogP contribution in [0.4, 0.5) is 11.5 Å². The van der Waals surface area contributed by atoms with E-state index in [1.165, 1.54) is 0 Å². The average molecular weight is 343 g/mol. The van der Waals surface area contributed by atoms with Gasteiger partial charge in [-0.2, -0.15) is 4.98 Å². The number of hydrogen-bond acceptors (Lipinski definition) is 6. The lowest BCUT2D eigenvalue weighted by Gasteiger charge is -2.12. The molecule has 7 nitrogen and oxygen atoms in total. The summed E-state index contributed by atoms with van der Waals surface area (Å²) in [5, 5.41) is 3.31. The third kappa shape index (κ3) is 2.74. The third-order valence-electron chi connectivity index (χ3n) is 4.02. The van der Waals surface area contributed by atoms with E-state index in [9.17, 15) is 0 Å². The Morgan fingerprint density at radius 1 is 1.38 bits per heavy atom. The Morgan fingerprint density at radius 2 is 2.21 bits per heavy atom. The molecule has 3 aromatic rings. The van der Waals surface area contributed by atoms with Gasteiger partial charge in [-0.25, -0.2) is 4.98 Å². The summed E-state index contributed by atoms with van der Waals surface area (Å²) in [6.07, 6.45) is 3.74. The van der Waals surface area contributed by atoms with Crippen molar-refractivity contribution >= 4 is 34.9 Å². The van der Waals surface area contributed by atoms with Crippen molar-refractivity contribution in [3.05, 3.63) is 35.4 Å². The summed E-state index contributed by atoms with van der Waals surface area (Å²) in [4.78, 5) is 12.0. The maximum Gasteiger partial charge on any atom is 0.200 e. The number of nitrogens with one attached hydrogen (secondary N) is 2. The molecule has 4 rings (SSSR count). The Labute approximate surface area is 143 Å². The van der Waals surface area contributed by atoms with Gasteiger partial charge in [0.2, 0.25) is 0 Å². The van der Waals surface area contributed by atoms with Gasteiger partial charge in [-0.1, -0.05) is 0 Å². The van der Waals surface area contributed by atoms with Crippen molar-refractivity contribution in [2.24, 2.45) is 0 Å². The van der Waals surface area contributed by atoms with E-state index >= 15 is 0 Å². The zero-order valence-electron chi connectivity index (χ0n) is 13.2. The number of imidazole rings is 1. The summed E-state index contributed by atoms with van der Waals surface area (Å²) in [6.45, 7) is 0.765. The molecule has 0 aliphatic carbocycles. The molecule has 2 N–H and O–H groups in total. The topological polar surface area (TPSA) is 77.0 Å². The number of anilines is 2. The molecule has 3 heterocycles. The van der Waals surface area contributed by atoms with Crippen molar-refractivity contribution in [2.45, 2.75) is 19.1 Å². The van der Waals surface area contributed by atoms with Gasteiger partial charge in [0, 0.05) is 12.3 Å². The number of aromatic amines is 1. The predicted octanol–water partition coefficient (Wildman–Crippen LogP) is 3.55. The van der Waals surface area contributed by atoms with E-state index in [1.807, 2.05) is 28.8 Å². The van der Waals surface area contributed by atoms with Crippen LogP contribution in [-0.2, 0) is 4.74 Å². The van der Waals surface area contributed by atoms with Crippen LogP contribution in [0.25, 0.3) is 11.2 Å². The monoisotopic (exact) mass is 343 g/mol. The van der Waals surface area contributed by atoms with Gasteiger partial charge in [-0.05, 0) is 49.3 Å². The fraction of sp³-hybridized carbons (Fsp3) is 0.312. The molecule has 0 radical (unpaired) electrons. The molecule has 1 aliphatic heterocycles. The van der Waals surface area contributed by atoms with Crippen molar-refractivity contribution in [2.75, 3.05) is 19.0 Å². The molecule has 0 spiro atoms. The predicted molar refractivity (Wildman–Crippen MR) is 93.2 cm³/mol. The van der Waals surface area contributed by atoms with Crippen molar-refractivity contribution in [1.29, 1.82) is 0 Å². The highest BCUT2D eigenvalue weighted by atomic mass is 32.1. The number of rotatable bonds is 4. The quantitative estimate of drug-likeness (QED) is 0.706. The summed E-state index contributed by atoms with van der Waals surface area (Å²) in [5.41, 5.74) is 2.36. The molecule has 1 aromatic carbocycles. The first-order chi connectivity index (χ1) is 11.7. The Morgan fingerprint density at radius 3 is 2.92 bits per heavy atom. The number of ether oxygens (including phenoxy) is 2. The van der Waals surface area contributed by atoms with Gasteiger partial charge in [0.05, 0.1) is 13.4 Å². The first-order valence-corrected chi connectivity index (χ1v) is 8.15. The minimum absolute atomic E-state index is 0.0202. The second kappa shape index (κ2) is 6.21. The minimum Gasteiger partial charge on any atom is -0.497 e. The zero-order chi connectivity index (χ0) is 16.5. The van der Waals surface area contributed by atoms with Crippen LogP contribution >= 0.6 is 12.2 Å². The van der Waals surface area contributed by atoms with E-state index in [0.29, 0.717) is 10.6 Å². The maximum atomic E-state index is 5.73. The van der Waals surface area contributed by atoms with Gasteiger partial charge in [-0.15, -0.1) is 0 Å². The van der Waals surface area contributed by atoms with E-state index in [-0.39, 0.29) is 6.23 Å². The number of fused-ring (bicyclic) bond motifs is 1. The van der Waals surface area contributed by atoms with E-state index in [4.69, 9.17) is 21.7 Å². The molecule has 1 atom stereocenters. The molecule has 0 saturated carbocycles. The van der Waals surface area contributed by atoms with Crippen LogP contribution in [-0.4, -0.2) is 33.2 Å². The fourth-order valence-electron chi connectivity index (χ4n) is 2.83. The van der Waals surface area contributed by atoms with Gasteiger partial charge in [-0.3, -0.25) is 4.57 Å². The maximum absolute atomic E-state index is 5.73. The highest BCUT2D eigenvalue weighted by molar-refractivity contribution is 7.71. The van der Waals surface area contributed by atoms with Crippen LogP contribution in [0, 0.1) is 4.77 Å². The van der Waals surface area contributed by atoms with Gasteiger partial charge in [0.25, 0.3) is 0 Å². The fourth-order valence-corrected chi connectivity index (χ4v) is 3.02. The molecule has 1 unspecified atom stereocenters. The molecular weight excluding hydrogens is 326 g/mol. The largest absolute Gasteiger partial charge is 0.497 e. The number of hydrogen-bond donors (Lipinski definition) is 2. The molecule has 124 valence electrons. The van der Waals surface area contributed by atoms with E-state index in [0.717, 1.165) is 42.0 Å². The molecule has 0 amide bonds. The van der Waals surface area contributed by atoms with Crippen molar-refractivity contribution in [3.63, 3.8) is 0 Å². The van der Waals surface area contributed by atoms with Crippen LogP contribution in [0.3, 0.4) is 0 Å². The number of methoxy groups -OCH3 is 1. The Bertz CT molecular complexity index is 912. The number of benzene rings is 1. The molecule has 1 aliphatic rings. The van der Waals surface area contributed by atoms with Crippen LogP contribution < -0.4 is 10.1 Å². The highest BCUT2D eigenvalue weighted by Crippen LogP contribution is 2.29. The number of aromatic nitrogens is 4. The highest BCUT2D eigenvalue weighted by Gasteiger charge is 2.21. The molecule has 8 heteroatoms. The molecule has 2 aromatic heterocycles. The number of H-pyrrole nitrogens is 1. The molecule has 24 heavy (non-hydrogen) atoms. The summed E-state index contributed by atoms with van der Waals surface area (Å²) < 4.78 is 13.3. The second-order valence-electron chi connectivity index (χ2n) is 5.56. The average Bonchev–Trinajstić information content (AvgIpc) is 3.24. The molecular formula is C16H17N5O2S. The standard InChI is InChI=1S/C16H17N5O2S/c1-22-11-6-4-10(5-7-11)18-14-13-15(20-16(24)19-14)21(9-17-13)12-3-2-8-23-12/h4-7,9,12H,2-3,8H2,1H3,(H2,18,19,20,24). The van der Waals surface area contributed by atoms with E-state index in [2.05, 4.69) is 20.3 Å². The smallest absolute Gasteiger partial charge is 0.200 e. The summed E-state index contributed by atoms with van der Waals surface area (Å²) in [6, 6.07) is 7.64. The van der Waals surface area contributed by atoms with Crippen LogP contribution in [0.2, 0.25) is 0 Å². The molecule has 1 fully saturated rings. The summed E-state index contributed by atoms with van der Waals surface area (Å²) in [5.74, 6) is 1.52. The lowest BCUT2D eigenvalue weighted by Crippen LogP contribution is -2.07. The Balaban J connectivity index is 1.73. The zero-order valence-corrected chi connectivity index (χ0v) is 14.0. The first-order valence-electron chi connectivity index (χ1n) is 7.74. The normalized spacial score (nSPS) is 17.3. The van der Waals surface area contributed by atoms with Crippen molar-refractivity contribution < 1.29 is 9.47 Å². The van der Waals surface area contributed by atoms with Gasteiger partial charge in [0.1, 0.15) is 23.3 Å². The van der Waals surface area contributed by atoms with E-state index in [1.54, 1.807) is 13.4 Å².